The van der Waals surface area contributed by atoms with Gasteiger partial charge in [-0.1, -0.05) is 22.0 Å². The molecule has 17 heavy (non-hydrogen) atoms. The van der Waals surface area contributed by atoms with Gasteiger partial charge in [0.2, 0.25) is 0 Å². The highest BCUT2D eigenvalue weighted by molar-refractivity contribution is 9.10. The van der Waals surface area contributed by atoms with Crippen LogP contribution in [0.25, 0.3) is 0 Å². The lowest BCUT2D eigenvalue weighted by molar-refractivity contribution is 0.361. The number of aryl methyl sites for hydroxylation is 1. The Morgan fingerprint density at radius 3 is 2.88 bits per heavy atom. The first-order valence-electron chi connectivity index (χ1n) is 6.46. The second-order valence-electron chi connectivity index (χ2n) is 4.87. The number of piperidine rings is 1. The zero-order valence-corrected chi connectivity index (χ0v) is 12.0. The van der Waals surface area contributed by atoms with Gasteiger partial charge < -0.3 is 10.6 Å². The normalized spacial score (nSPS) is 17.1. The summed E-state index contributed by atoms with van der Waals surface area (Å²) in [7, 11) is 0. The van der Waals surface area contributed by atoms with Crippen molar-refractivity contribution in [2.24, 2.45) is 5.92 Å². The molecule has 1 aromatic carbocycles. The number of rotatable bonds is 4. The van der Waals surface area contributed by atoms with Crippen LogP contribution < -0.4 is 10.6 Å². The summed E-state index contributed by atoms with van der Waals surface area (Å²) in [6, 6.07) is 6.40. The summed E-state index contributed by atoms with van der Waals surface area (Å²) in [5, 5.41) is 6.96. The number of halogens is 1. The van der Waals surface area contributed by atoms with Crippen LogP contribution >= 0.6 is 15.9 Å². The number of anilines is 1. The summed E-state index contributed by atoms with van der Waals surface area (Å²) >= 11 is 3.52. The fraction of sp³-hybridized carbons (Fsp3) is 0.571. The van der Waals surface area contributed by atoms with Crippen LogP contribution in [0.1, 0.15) is 24.8 Å². The minimum absolute atomic E-state index is 0.899. The number of hydrogen-bond donors (Lipinski definition) is 2. The maximum Gasteiger partial charge on any atom is 0.0381 e. The van der Waals surface area contributed by atoms with Gasteiger partial charge in [0, 0.05) is 16.7 Å². The summed E-state index contributed by atoms with van der Waals surface area (Å²) < 4.78 is 1.15. The van der Waals surface area contributed by atoms with Gasteiger partial charge in [0.25, 0.3) is 0 Å². The first-order chi connectivity index (χ1) is 8.25. The van der Waals surface area contributed by atoms with Crippen molar-refractivity contribution in [3.05, 3.63) is 28.2 Å². The Hall–Kier alpha value is -0.540. The van der Waals surface area contributed by atoms with E-state index in [1.165, 1.54) is 43.6 Å². The molecule has 0 radical (unpaired) electrons. The summed E-state index contributed by atoms with van der Waals surface area (Å²) in [5.74, 6) is 0.899. The van der Waals surface area contributed by atoms with Gasteiger partial charge in [-0.2, -0.15) is 0 Å². The van der Waals surface area contributed by atoms with Gasteiger partial charge >= 0.3 is 0 Å². The highest BCUT2D eigenvalue weighted by Gasteiger charge is 2.12. The van der Waals surface area contributed by atoms with Crippen LogP contribution in [0.3, 0.4) is 0 Å². The molecule has 1 fully saturated rings. The Labute approximate surface area is 112 Å². The highest BCUT2D eigenvalue weighted by Crippen LogP contribution is 2.21. The van der Waals surface area contributed by atoms with Gasteiger partial charge in [0.1, 0.15) is 0 Å². The van der Waals surface area contributed by atoms with Crippen LogP contribution in [0, 0.1) is 12.8 Å². The molecule has 94 valence electrons. The van der Waals surface area contributed by atoms with E-state index in [0.29, 0.717) is 0 Å². The molecule has 1 aliphatic heterocycles. The number of benzene rings is 1. The second kappa shape index (κ2) is 6.41. The smallest absolute Gasteiger partial charge is 0.0381 e. The molecule has 0 spiro atoms. The third-order valence-corrected chi connectivity index (χ3v) is 4.02. The van der Waals surface area contributed by atoms with Crippen LogP contribution in [0.15, 0.2) is 22.7 Å². The molecule has 1 saturated heterocycles. The first kappa shape index (κ1) is 12.9. The van der Waals surface area contributed by atoms with Gasteiger partial charge in [0.15, 0.2) is 0 Å². The molecule has 0 aromatic heterocycles. The minimum atomic E-state index is 0.899. The number of nitrogens with one attached hydrogen (secondary N) is 2. The van der Waals surface area contributed by atoms with Gasteiger partial charge in [-0.25, -0.2) is 0 Å². The van der Waals surface area contributed by atoms with Gasteiger partial charge in [0.05, 0.1) is 0 Å². The van der Waals surface area contributed by atoms with E-state index in [4.69, 9.17) is 0 Å². The third-order valence-electron chi connectivity index (χ3n) is 3.53. The number of hydrogen-bond acceptors (Lipinski definition) is 2. The Kier molecular flexibility index (Phi) is 4.86. The maximum atomic E-state index is 3.55. The van der Waals surface area contributed by atoms with E-state index in [-0.39, 0.29) is 0 Å². The molecular weight excluding hydrogens is 276 g/mol. The second-order valence-corrected chi connectivity index (χ2v) is 5.78. The molecule has 0 saturated carbocycles. The summed E-state index contributed by atoms with van der Waals surface area (Å²) in [6.07, 6.45) is 3.95. The third kappa shape index (κ3) is 4.00. The van der Waals surface area contributed by atoms with E-state index < -0.39 is 0 Å². The molecule has 0 atom stereocenters. The molecule has 0 unspecified atom stereocenters. The van der Waals surface area contributed by atoms with E-state index in [1.54, 1.807) is 0 Å². The first-order valence-corrected chi connectivity index (χ1v) is 7.26. The van der Waals surface area contributed by atoms with Gasteiger partial charge in [-0.3, -0.25) is 0 Å². The average Bonchev–Trinajstić information content (AvgIpc) is 2.35. The zero-order valence-electron chi connectivity index (χ0n) is 10.4. The molecule has 1 aromatic rings. The van der Waals surface area contributed by atoms with E-state index in [9.17, 15) is 0 Å². The average molecular weight is 297 g/mol. The Balaban J connectivity index is 1.79. The summed E-state index contributed by atoms with van der Waals surface area (Å²) in [6.45, 7) is 5.63. The Morgan fingerprint density at radius 2 is 2.12 bits per heavy atom. The molecule has 2 rings (SSSR count). The van der Waals surface area contributed by atoms with Crippen molar-refractivity contribution in [1.29, 1.82) is 0 Å². The largest absolute Gasteiger partial charge is 0.385 e. The molecule has 1 aliphatic rings. The summed E-state index contributed by atoms with van der Waals surface area (Å²) in [5.41, 5.74) is 2.58. The van der Waals surface area contributed by atoms with E-state index >= 15 is 0 Å². The maximum absolute atomic E-state index is 3.55. The van der Waals surface area contributed by atoms with Crippen molar-refractivity contribution in [3.63, 3.8) is 0 Å². The zero-order chi connectivity index (χ0) is 12.1. The minimum Gasteiger partial charge on any atom is -0.385 e. The Morgan fingerprint density at radius 1 is 1.35 bits per heavy atom. The lowest BCUT2D eigenvalue weighted by Gasteiger charge is -2.23. The standard InChI is InChI=1S/C14H21BrN2/c1-11-2-3-13(15)10-14(11)17-9-6-12-4-7-16-8-5-12/h2-3,10,12,16-17H,4-9H2,1H3. The molecule has 2 N–H and O–H groups in total. The summed E-state index contributed by atoms with van der Waals surface area (Å²) in [4.78, 5) is 0. The fourth-order valence-corrected chi connectivity index (χ4v) is 2.73. The van der Waals surface area contributed by atoms with Crippen molar-refractivity contribution in [2.75, 3.05) is 25.0 Å². The van der Waals surface area contributed by atoms with Gasteiger partial charge in [-0.15, -0.1) is 0 Å². The van der Waals surface area contributed by atoms with Crippen molar-refractivity contribution in [1.82, 2.24) is 5.32 Å². The van der Waals surface area contributed by atoms with E-state index in [0.717, 1.165) is 16.9 Å². The van der Waals surface area contributed by atoms with E-state index in [1.807, 2.05) is 0 Å². The van der Waals surface area contributed by atoms with Crippen LogP contribution in [0.2, 0.25) is 0 Å². The highest BCUT2D eigenvalue weighted by atomic mass is 79.9. The van der Waals surface area contributed by atoms with E-state index in [2.05, 4.69) is 51.7 Å². The molecule has 0 aliphatic carbocycles. The molecule has 3 heteroatoms. The monoisotopic (exact) mass is 296 g/mol. The molecule has 0 amide bonds. The van der Waals surface area contributed by atoms with Crippen LogP contribution in [-0.2, 0) is 0 Å². The lowest BCUT2D eigenvalue weighted by atomic mass is 9.95. The molecular formula is C14H21BrN2. The lowest BCUT2D eigenvalue weighted by Crippen LogP contribution is -2.28. The van der Waals surface area contributed by atoms with Crippen molar-refractivity contribution >= 4 is 21.6 Å². The topological polar surface area (TPSA) is 24.1 Å². The van der Waals surface area contributed by atoms with Crippen LogP contribution in [-0.4, -0.2) is 19.6 Å². The fourth-order valence-electron chi connectivity index (χ4n) is 2.37. The molecule has 2 nitrogen and oxygen atoms in total. The quantitative estimate of drug-likeness (QED) is 0.888. The van der Waals surface area contributed by atoms with Crippen LogP contribution in [0.5, 0.6) is 0 Å². The molecule has 0 bridgehead atoms. The van der Waals surface area contributed by atoms with Crippen molar-refractivity contribution < 1.29 is 0 Å². The van der Waals surface area contributed by atoms with Gasteiger partial charge in [-0.05, 0) is 62.9 Å². The SMILES string of the molecule is Cc1ccc(Br)cc1NCCC1CCNCC1. The predicted molar refractivity (Wildman–Crippen MR) is 77.6 cm³/mol. The van der Waals surface area contributed by atoms with Crippen molar-refractivity contribution in [2.45, 2.75) is 26.2 Å². The Bertz CT molecular complexity index is 359. The predicted octanol–water partition coefficient (Wildman–Crippen LogP) is 3.56. The van der Waals surface area contributed by atoms with Crippen LogP contribution in [0.4, 0.5) is 5.69 Å². The van der Waals surface area contributed by atoms with Crippen molar-refractivity contribution in [3.8, 4) is 0 Å². The molecule has 1 heterocycles.